The largest absolute Gasteiger partial charge is 0.493 e. The van der Waals surface area contributed by atoms with Crippen molar-refractivity contribution in [3.8, 4) is 5.75 Å². The highest BCUT2D eigenvalue weighted by molar-refractivity contribution is 5.99. The maximum atomic E-state index is 13.0. The zero-order chi connectivity index (χ0) is 17.1. The molecule has 0 saturated carbocycles. The second-order valence-corrected chi connectivity index (χ2v) is 6.33. The molecule has 1 N–H and O–H groups in total. The van der Waals surface area contributed by atoms with E-state index in [2.05, 4.69) is 16.3 Å². The molecule has 0 spiro atoms. The van der Waals surface area contributed by atoms with E-state index in [1.165, 1.54) is 0 Å². The Morgan fingerprint density at radius 1 is 1.00 bits per heavy atom. The number of fused-ring (bicyclic) bond motifs is 1. The number of ether oxygens (including phenoxy) is 2. The molecule has 1 unspecified atom stereocenters. The molecule has 2 aliphatic rings. The number of hydrogen-bond acceptors (Lipinski definition) is 4. The van der Waals surface area contributed by atoms with Gasteiger partial charge in [0.2, 0.25) is 5.91 Å². The number of carbonyl (C=O) groups excluding carboxylic acids is 1. The molecule has 0 aliphatic carbocycles. The molecule has 5 heteroatoms. The van der Waals surface area contributed by atoms with Crippen molar-refractivity contribution in [3.05, 3.63) is 54.1 Å². The molecule has 1 saturated heterocycles. The van der Waals surface area contributed by atoms with Crippen LogP contribution >= 0.6 is 0 Å². The lowest BCUT2D eigenvalue weighted by atomic mass is 9.92. The Labute approximate surface area is 147 Å². The lowest BCUT2D eigenvalue weighted by molar-refractivity contribution is -0.118. The first kappa shape index (κ1) is 16.0. The van der Waals surface area contributed by atoms with Crippen LogP contribution in [0.5, 0.6) is 5.75 Å². The predicted molar refractivity (Wildman–Crippen MR) is 97.4 cm³/mol. The number of rotatable bonds is 3. The van der Waals surface area contributed by atoms with Gasteiger partial charge < -0.3 is 19.7 Å². The molecular weight excluding hydrogens is 316 g/mol. The van der Waals surface area contributed by atoms with Crippen LogP contribution in [-0.2, 0) is 9.53 Å². The Hall–Kier alpha value is -2.53. The predicted octanol–water partition coefficient (Wildman–Crippen LogP) is 3.03. The van der Waals surface area contributed by atoms with Gasteiger partial charge >= 0.3 is 0 Å². The molecule has 2 aromatic rings. The van der Waals surface area contributed by atoms with Crippen LogP contribution in [0.2, 0.25) is 0 Å². The van der Waals surface area contributed by atoms with Gasteiger partial charge in [-0.3, -0.25) is 4.79 Å². The molecular formula is C20H22N2O3. The molecule has 0 aromatic heterocycles. The monoisotopic (exact) mass is 338 g/mol. The number of anilines is 2. The van der Waals surface area contributed by atoms with Crippen molar-refractivity contribution in [2.75, 3.05) is 43.1 Å². The Kier molecular flexibility index (Phi) is 4.57. The fourth-order valence-corrected chi connectivity index (χ4v) is 3.49. The van der Waals surface area contributed by atoms with Crippen LogP contribution in [0.4, 0.5) is 11.4 Å². The van der Waals surface area contributed by atoms with Crippen molar-refractivity contribution in [3.63, 3.8) is 0 Å². The van der Waals surface area contributed by atoms with E-state index in [4.69, 9.17) is 9.47 Å². The minimum atomic E-state index is -0.178. The minimum absolute atomic E-state index is 0.0245. The summed E-state index contributed by atoms with van der Waals surface area (Å²) in [7, 11) is 0. The maximum absolute atomic E-state index is 13.0. The van der Waals surface area contributed by atoms with Crippen LogP contribution in [0.1, 0.15) is 17.9 Å². The Bertz CT molecular complexity index is 756. The third-order valence-electron chi connectivity index (χ3n) is 4.79. The van der Waals surface area contributed by atoms with Gasteiger partial charge in [0.15, 0.2) is 0 Å². The first-order valence-corrected chi connectivity index (χ1v) is 8.77. The molecule has 1 atom stereocenters. The van der Waals surface area contributed by atoms with E-state index in [-0.39, 0.29) is 11.8 Å². The number of para-hydroxylation sites is 3. The van der Waals surface area contributed by atoms with Crippen LogP contribution in [0, 0.1) is 0 Å². The van der Waals surface area contributed by atoms with Crippen LogP contribution in [0.15, 0.2) is 48.5 Å². The zero-order valence-electron chi connectivity index (χ0n) is 14.1. The van der Waals surface area contributed by atoms with Crippen molar-refractivity contribution in [2.45, 2.75) is 12.3 Å². The van der Waals surface area contributed by atoms with E-state index in [0.717, 1.165) is 49.0 Å². The molecule has 1 amide bonds. The molecule has 25 heavy (non-hydrogen) atoms. The van der Waals surface area contributed by atoms with Gasteiger partial charge in [-0.25, -0.2) is 0 Å². The van der Waals surface area contributed by atoms with E-state index >= 15 is 0 Å². The SMILES string of the molecule is O=C(Nc1ccccc1N1CCOCC1)C1CCOc2ccccc21. The number of nitrogens with zero attached hydrogens (tertiary/aromatic N) is 1. The average Bonchev–Trinajstić information content (AvgIpc) is 2.68. The molecule has 2 aliphatic heterocycles. The first-order chi connectivity index (χ1) is 12.3. The number of carbonyl (C=O) groups is 1. The third kappa shape index (κ3) is 3.33. The minimum Gasteiger partial charge on any atom is -0.493 e. The van der Waals surface area contributed by atoms with Crippen molar-refractivity contribution >= 4 is 17.3 Å². The smallest absolute Gasteiger partial charge is 0.232 e. The lowest BCUT2D eigenvalue weighted by Gasteiger charge is -2.31. The van der Waals surface area contributed by atoms with Gasteiger partial charge in [-0.1, -0.05) is 30.3 Å². The van der Waals surface area contributed by atoms with Crippen LogP contribution < -0.4 is 15.0 Å². The summed E-state index contributed by atoms with van der Waals surface area (Å²) in [6.45, 7) is 3.69. The summed E-state index contributed by atoms with van der Waals surface area (Å²) in [5.74, 6) is 0.662. The summed E-state index contributed by atoms with van der Waals surface area (Å²) in [5.41, 5.74) is 2.88. The maximum Gasteiger partial charge on any atom is 0.232 e. The van der Waals surface area contributed by atoms with E-state index in [1.807, 2.05) is 42.5 Å². The van der Waals surface area contributed by atoms with Gasteiger partial charge in [-0.05, 0) is 24.6 Å². The molecule has 0 radical (unpaired) electrons. The summed E-state index contributed by atoms with van der Waals surface area (Å²) >= 11 is 0. The summed E-state index contributed by atoms with van der Waals surface area (Å²) in [5, 5.41) is 3.14. The van der Waals surface area contributed by atoms with E-state index in [0.29, 0.717) is 13.0 Å². The fourth-order valence-electron chi connectivity index (χ4n) is 3.49. The standard InChI is InChI=1S/C20H22N2O3/c23-20(16-9-12-25-19-8-4-1-5-15(16)19)21-17-6-2-3-7-18(17)22-10-13-24-14-11-22/h1-8,16H,9-14H2,(H,21,23). The molecule has 4 rings (SSSR count). The lowest BCUT2D eigenvalue weighted by Crippen LogP contribution is -2.37. The number of hydrogen-bond donors (Lipinski definition) is 1. The quantitative estimate of drug-likeness (QED) is 0.935. The van der Waals surface area contributed by atoms with E-state index < -0.39 is 0 Å². The topological polar surface area (TPSA) is 50.8 Å². The van der Waals surface area contributed by atoms with Gasteiger partial charge in [0.25, 0.3) is 0 Å². The number of benzene rings is 2. The van der Waals surface area contributed by atoms with Crippen LogP contribution in [0.25, 0.3) is 0 Å². The highest BCUT2D eigenvalue weighted by Gasteiger charge is 2.28. The summed E-state index contributed by atoms with van der Waals surface area (Å²) in [6, 6.07) is 15.8. The number of morpholine rings is 1. The summed E-state index contributed by atoms with van der Waals surface area (Å²) < 4.78 is 11.1. The molecule has 2 heterocycles. The first-order valence-electron chi connectivity index (χ1n) is 8.77. The second-order valence-electron chi connectivity index (χ2n) is 6.33. The average molecular weight is 338 g/mol. The van der Waals surface area contributed by atoms with Crippen molar-refractivity contribution in [1.29, 1.82) is 0 Å². The molecule has 130 valence electrons. The van der Waals surface area contributed by atoms with Gasteiger partial charge in [0, 0.05) is 18.7 Å². The van der Waals surface area contributed by atoms with E-state index in [9.17, 15) is 4.79 Å². The highest BCUT2D eigenvalue weighted by Crippen LogP contribution is 2.35. The molecule has 1 fully saturated rings. The normalized spacial score (nSPS) is 19.7. The summed E-state index contributed by atoms with van der Waals surface area (Å²) in [6.07, 6.45) is 0.697. The second kappa shape index (κ2) is 7.15. The summed E-state index contributed by atoms with van der Waals surface area (Å²) in [4.78, 5) is 15.2. The van der Waals surface area contributed by atoms with Gasteiger partial charge in [0.05, 0.1) is 37.1 Å². The molecule has 5 nitrogen and oxygen atoms in total. The van der Waals surface area contributed by atoms with Gasteiger partial charge in [0.1, 0.15) is 5.75 Å². The van der Waals surface area contributed by atoms with Crippen molar-refractivity contribution in [1.82, 2.24) is 0 Å². The van der Waals surface area contributed by atoms with Crippen LogP contribution in [0.3, 0.4) is 0 Å². The third-order valence-corrected chi connectivity index (χ3v) is 4.79. The Balaban J connectivity index is 1.56. The Morgan fingerprint density at radius 3 is 2.64 bits per heavy atom. The van der Waals surface area contributed by atoms with E-state index in [1.54, 1.807) is 0 Å². The number of amides is 1. The Morgan fingerprint density at radius 2 is 1.76 bits per heavy atom. The zero-order valence-corrected chi connectivity index (χ0v) is 14.1. The molecule has 0 bridgehead atoms. The van der Waals surface area contributed by atoms with Gasteiger partial charge in [-0.15, -0.1) is 0 Å². The van der Waals surface area contributed by atoms with Crippen molar-refractivity contribution in [2.24, 2.45) is 0 Å². The number of nitrogens with one attached hydrogen (secondary N) is 1. The fraction of sp³-hybridized carbons (Fsp3) is 0.350. The molecule has 2 aromatic carbocycles. The highest BCUT2D eigenvalue weighted by atomic mass is 16.5. The van der Waals surface area contributed by atoms with Gasteiger partial charge in [-0.2, -0.15) is 0 Å². The van der Waals surface area contributed by atoms with Crippen molar-refractivity contribution < 1.29 is 14.3 Å². The van der Waals surface area contributed by atoms with Crippen LogP contribution in [-0.4, -0.2) is 38.8 Å².